The van der Waals surface area contributed by atoms with E-state index >= 15 is 0 Å². The zero-order valence-electron chi connectivity index (χ0n) is 12.4. The minimum absolute atomic E-state index is 0.00157. The summed E-state index contributed by atoms with van der Waals surface area (Å²) in [6.45, 7) is 3.98. The van der Waals surface area contributed by atoms with Crippen molar-refractivity contribution >= 4 is 49.4 Å². The van der Waals surface area contributed by atoms with Gasteiger partial charge in [0.25, 0.3) is 0 Å². The zero-order chi connectivity index (χ0) is 15.8. The Morgan fingerprint density at radius 2 is 1.55 bits per heavy atom. The summed E-state index contributed by atoms with van der Waals surface area (Å²) in [5, 5.41) is 0. The third-order valence-electron chi connectivity index (χ3n) is 5.58. The fraction of sp³-hybridized carbons (Fsp3) is 0.529. The van der Waals surface area contributed by atoms with Crippen LogP contribution in [-0.4, -0.2) is 21.5 Å². The Balaban J connectivity index is 1.76. The SMILES string of the molecule is Cc1ccc(N2C(=O)[C@@H]3[C@@H]4C[C@@H]([C@H](Br)[C@@H]4Br)[C@@H]3C2=O)c(C)c1. The summed E-state index contributed by atoms with van der Waals surface area (Å²) in [5.74, 6) is 0.252. The summed E-state index contributed by atoms with van der Waals surface area (Å²) in [6, 6.07) is 5.89. The fourth-order valence-corrected chi connectivity index (χ4v) is 6.52. The summed E-state index contributed by atoms with van der Waals surface area (Å²) in [6.07, 6.45) is 0.972. The Labute approximate surface area is 146 Å². The van der Waals surface area contributed by atoms with Crippen molar-refractivity contribution in [1.82, 2.24) is 0 Å². The maximum absolute atomic E-state index is 12.9. The Hall–Kier alpha value is -0.680. The first-order valence-electron chi connectivity index (χ1n) is 7.65. The molecule has 5 heteroatoms. The minimum Gasteiger partial charge on any atom is -0.274 e. The lowest BCUT2D eigenvalue weighted by atomic mass is 9.81. The number of anilines is 1. The molecule has 0 aromatic heterocycles. The van der Waals surface area contributed by atoms with E-state index in [-0.39, 0.29) is 45.1 Å². The number of alkyl halides is 2. The van der Waals surface area contributed by atoms with Crippen molar-refractivity contribution < 1.29 is 9.59 Å². The smallest absolute Gasteiger partial charge is 0.238 e. The van der Waals surface area contributed by atoms with Crippen molar-refractivity contribution in [2.75, 3.05) is 4.90 Å². The van der Waals surface area contributed by atoms with E-state index in [1.54, 1.807) is 0 Å². The molecule has 3 nitrogen and oxygen atoms in total. The lowest BCUT2D eigenvalue weighted by molar-refractivity contribution is -0.123. The molecule has 2 saturated carbocycles. The molecule has 0 spiro atoms. The molecule has 4 rings (SSSR count). The van der Waals surface area contributed by atoms with Crippen molar-refractivity contribution in [3.63, 3.8) is 0 Å². The summed E-state index contributed by atoms with van der Waals surface area (Å²) in [7, 11) is 0. The molecule has 2 aliphatic carbocycles. The second kappa shape index (κ2) is 4.91. The highest BCUT2D eigenvalue weighted by Gasteiger charge is 2.66. The van der Waals surface area contributed by atoms with E-state index in [0.29, 0.717) is 0 Å². The normalized spacial score (nSPS) is 39.7. The Morgan fingerprint density at radius 1 is 1.00 bits per heavy atom. The molecular weight excluding hydrogens is 410 g/mol. The topological polar surface area (TPSA) is 37.4 Å². The highest BCUT2D eigenvalue weighted by Crippen LogP contribution is 2.60. The number of hydrogen-bond donors (Lipinski definition) is 0. The molecule has 0 unspecified atom stereocenters. The van der Waals surface area contributed by atoms with Crippen LogP contribution in [0.1, 0.15) is 17.5 Å². The van der Waals surface area contributed by atoms with Gasteiger partial charge in [-0.25, -0.2) is 4.90 Å². The van der Waals surface area contributed by atoms with Gasteiger partial charge in [-0.1, -0.05) is 49.6 Å². The summed E-state index contributed by atoms with van der Waals surface area (Å²) in [4.78, 5) is 27.9. The van der Waals surface area contributed by atoms with Gasteiger partial charge in [0.1, 0.15) is 0 Å². The minimum atomic E-state index is -0.142. The van der Waals surface area contributed by atoms with E-state index < -0.39 is 0 Å². The molecule has 6 atom stereocenters. The third kappa shape index (κ3) is 1.78. The molecule has 1 saturated heterocycles. The fourth-order valence-electron chi connectivity index (χ4n) is 4.64. The van der Waals surface area contributed by atoms with Gasteiger partial charge in [-0.05, 0) is 43.7 Å². The van der Waals surface area contributed by atoms with E-state index in [0.717, 1.165) is 23.2 Å². The van der Waals surface area contributed by atoms with Crippen LogP contribution in [0, 0.1) is 37.5 Å². The molecule has 1 aliphatic heterocycles. The summed E-state index contributed by atoms with van der Waals surface area (Å²) in [5.41, 5.74) is 2.88. The molecule has 2 bridgehead atoms. The number of aryl methyl sites for hydroxylation is 2. The maximum atomic E-state index is 12.9. The number of fused-ring (bicyclic) bond motifs is 5. The van der Waals surface area contributed by atoms with Crippen molar-refractivity contribution in [1.29, 1.82) is 0 Å². The van der Waals surface area contributed by atoms with Crippen LogP contribution in [0.3, 0.4) is 0 Å². The number of rotatable bonds is 1. The van der Waals surface area contributed by atoms with Crippen LogP contribution in [0.25, 0.3) is 0 Å². The maximum Gasteiger partial charge on any atom is 0.238 e. The van der Waals surface area contributed by atoms with Crippen molar-refractivity contribution in [3.05, 3.63) is 29.3 Å². The number of carbonyl (C=O) groups is 2. The van der Waals surface area contributed by atoms with Gasteiger partial charge in [0.2, 0.25) is 11.8 Å². The molecule has 1 aromatic carbocycles. The largest absolute Gasteiger partial charge is 0.274 e. The number of carbonyl (C=O) groups excluding carboxylic acids is 2. The Morgan fingerprint density at radius 3 is 2.05 bits per heavy atom. The predicted molar refractivity (Wildman–Crippen MR) is 92.4 cm³/mol. The number of halogens is 2. The van der Waals surface area contributed by atoms with E-state index in [1.807, 2.05) is 32.0 Å². The molecule has 2 amide bonds. The van der Waals surface area contributed by atoms with Crippen LogP contribution in [0.5, 0.6) is 0 Å². The first-order valence-corrected chi connectivity index (χ1v) is 9.48. The Bertz CT molecular complexity index is 657. The van der Waals surface area contributed by atoms with Gasteiger partial charge in [0, 0.05) is 9.65 Å². The lowest BCUT2D eigenvalue weighted by Gasteiger charge is -2.28. The molecule has 22 heavy (non-hydrogen) atoms. The van der Waals surface area contributed by atoms with Crippen molar-refractivity contribution in [3.8, 4) is 0 Å². The van der Waals surface area contributed by atoms with E-state index in [2.05, 4.69) is 31.9 Å². The van der Waals surface area contributed by atoms with Crippen LogP contribution in [0.15, 0.2) is 18.2 Å². The van der Waals surface area contributed by atoms with Crippen molar-refractivity contribution in [2.45, 2.75) is 29.9 Å². The van der Waals surface area contributed by atoms with Crippen LogP contribution in [0.2, 0.25) is 0 Å². The monoisotopic (exact) mass is 425 g/mol. The quantitative estimate of drug-likeness (QED) is 0.508. The second-order valence-corrected chi connectivity index (χ2v) is 8.92. The van der Waals surface area contributed by atoms with Crippen LogP contribution in [-0.2, 0) is 9.59 Å². The number of imide groups is 1. The lowest BCUT2D eigenvalue weighted by Crippen LogP contribution is -2.37. The van der Waals surface area contributed by atoms with E-state index in [1.165, 1.54) is 4.90 Å². The molecule has 1 aromatic rings. The Kier molecular flexibility index (Phi) is 3.32. The average molecular weight is 427 g/mol. The van der Waals surface area contributed by atoms with Gasteiger partial charge >= 0.3 is 0 Å². The van der Waals surface area contributed by atoms with Gasteiger partial charge in [-0.3, -0.25) is 9.59 Å². The molecular formula is C17H17Br2NO2. The third-order valence-corrected chi connectivity index (χ3v) is 8.79. The molecule has 3 aliphatic rings. The van der Waals surface area contributed by atoms with Gasteiger partial charge in [0.05, 0.1) is 17.5 Å². The van der Waals surface area contributed by atoms with Gasteiger partial charge in [0.15, 0.2) is 0 Å². The first kappa shape index (κ1) is 14.9. The molecule has 0 N–H and O–H groups in total. The number of amides is 2. The molecule has 0 radical (unpaired) electrons. The second-order valence-electron chi connectivity index (χ2n) is 6.81. The van der Waals surface area contributed by atoms with Crippen LogP contribution < -0.4 is 4.90 Å². The standard InChI is InChI=1S/C17H17Br2NO2/c1-7-3-4-11(8(2)5-7)20-16(21)12-9-6-10(13(12)17(20)22)15(19)14(9)18/h3-5,9-10,12-15H,6H2,1-2H3/t9-,10+,12+,13-,14+,15-. The molecule has 1 heterocycles. The zero-order valence-corrected chi connectivity index (χ0v) is 15.6. The summed E-state index contributed by atoms with van der Waals surface area (Å²) < 4.78 is 0. The van der Waals surface area contributed by atoms with Gasteiger partial charge in [-0.15, -0.1) is 0 Å². The van der Waals surface area contributed by atoms with E-state index in [4.69, 9.17) is 0 Å². The highest BCUT2D eigenvalue weighted by molar-refractivity contribution is 9.12. The van der Waals surface area contributed by atoms with Crippen LogP contribution >= 0.6 is 31.9 Å². The van der Waals surface area contributed by atoms with Gasteiger partial charge < -0.3 is 0 Å². The number of benzene rings is 1. The average Bonchev–Trinajstić information content (AvgIpc) is 3.06. The highest BCUT2D eigenvalue weighted by atomic mass is 79.9. The predicted octanol–water partition coefficient (Wildman–Crippen LogP) is 3.59. The van der Waals surface area contributed by atoms with Crippen molar-refractivity contribution in [2.24, 2.45) is 23.7 Å². The van der Waals surface area contributed by atoms with Gasteiger partial charge in [-0.2, -0.15) is 0 Å². The summed E-state index contributed by atoms with van der Waals surface area (Å²) >= 11 is 7.43. The number of nitrogens with zero attached hydrogens (tertiary/aromatic N) is 1. The molecule has 116 valence electrons. The number of hydrogen-bond acceptors (Lipinski definition) is 2. The van der Waals surface area contributed by atoms with E-state index in [9.17, 15) is 9.59 Å². The molecule has 3 fully saturated rings. The van der Waals surface area contributed by atoms with Crippen LogP contribution in [0.4, 0.5) is 5.69 Å². The first-order chi connectivity index (χ1) is 10.4.